The van der Waals surface area contributed by atoms with Gasteiger partial charge in [0.2, 0.25) is 0 Å². The van der Waals surface area contributed by atoms with Gasteiger partial charge in [-0.3, -0.25) is 4.79 Å². The minimum absolute atomic E-state index is 0.0487. The van der Waals surface area contributed by atoms with Crippen molar-refractivity contribution >= 4 is 11.8 Å². The summed E-state index contributed by atoms with van der Waals surface area (Å²) in [5.74, 6) is -1.54. The van der Waals surface area contributed by atoms with Crippen LogP contribution in [0.4, 0.5) is 0 Å². The van der Waals surface area contributed by atoms with Crippen molar-refractivity contribution in [1.82, 2.24) is 0 Å². The normalized spacial score (nSPS) is 15.5. The van der Waals surface area contributed by atoms with Gasteiger partial charge in [-0.05, 0) is 6.92 Å². The topological polar surface area (TPSA) is 82.0 Å². The summed E-state index contributed by atoms with van der Waals surface area (Å²) >= 11 is 0. The Hall–Kier alpha value is -0.900. The van der Waals surface area contributed by atoms with Gasteiger partial charge in [-0.15, -0.1) is 0 Å². The van der Waals surface area contributed by atoms with Crippen LogP contribution >= 0.6 is 0 Å². The molecule has 4 heteroatoms. The molecule has 0 bridgehead atoms. The number of carbonyl (C=O) groups is 2. The number of carbonyl (C=O) groups excluding carboxylic acids is 1. The lowest BCUT2D eigenvalue weighted by molar-refractivity contribution is -0.415. The summed E-state index contributed by atoms with van der Waals surface area (Å²) in [4.78, 5) is 21.3. The molecule has 0 saturated heterocycles. The molecule has 0 spiro atoms. The van der Waals surface area contributed by atoms with E-state index in [1.165, 1.54) is 0 Å². The molecule has 0 aromatic heterocycles. The summed E-state index contributed by atoms with van der Waals surface area (Å²) in [7, 11) is 0. The number of carboxylic acid groups (broad SMARTS) is 1. The maximum Gasteiger partial charge on any atom is 0.363 e. The molecule has 0 radical (unpaired) electrons. The van der Waals surface area contributed by atoms with Crippen molar-refractivity contribution in [2.24, 2.45) is 5.92 Å². The zero-order valence-corrected chi connectivity index (χ0v) is 6.83. The highest BCUT2D eigenvalue weighted by molar-refractivity contribution is 5.86. The number of rotatable bonds is 4. The van der Waals surface area contributed by atoms with Gasteiger partial charge in [0.15, 0.2) is 6.04 Å². The molecule has 0 amide bonds. The van der Waals surface area contributed by atoms with Crippen molar-refractivity contribution in [2.45, 2.75) is 26.3 Å². The van der Waals surface area contributed by atoms with Crippen LogP contribution in [0.25, 0.3) is 0 Å². The molecule has 4 N–H and O–H groups in total. The van der Waals surface area contributed by atoms with E-state index in [2.05, 4.69) is 5.73 Å². The fourth-order valence-electron chi connectivity index (χ4n) is 0.760. The van der Waals surface area contributed by atoms with Crippen LogP contribution in [0.3, 0.4) is 0 Å². The number of hydrogen-bond acceptors (Lipinski definition) is 2. The molecule has 64 valence electrons. The largest absolute Gasteiger partial charge is 0.477 e. The van der Waals surface area contributed by atoms with Gasteiger partial charge in [-0.2, -0.15) is 0 Å². The minimum Gasteiger partial charge on any atom is -0.477 e. The first-order chi connectivity index (χ1) is 5.00. The van der Waals surface area contributed by atoms with Gasteiger partial charge in [0, 0.05) is 6.42 Å². The Morgan fingerprint density at radius 1 is 1.55 bits per heavy atom. The van der Waals surface area contributed by atoms with E-state index in [-0.39, 0.29) is 5.78 Å². The summed E-state index contributed by atoms with van der Waals surface area (Å²) in [6.45, 7) is 3.31. The molecule has 0 aliphatic rings. The van der Waals surface area contributed by atoms with E-state index >= 15 is 0 Å². The lowest BCUT2D eigenvalue weighted by Crippen LogP contribution is -2.68. The maximum absolute atomic E-state index is 11.0. The Morgan fingerprint density at radius 3 is 2.27 bits per heavy atom. The van der Waals surface area contributed by atoms with Crippen molar-refractivity contribution in [1.29, 1.82) is 0 Å². The predicted molar refractivity (Wildman–Crippen MR) is 38.8 cm³/mol. The Kier molecular flexibility index (Phi) is 3.74. The predicted octanol–water partition coefficient (Wildman–Crippen LogP) is -0.703. The monoisotopic (exact) mass is 160 g/mol. The second-order valence-electron chi connectivity index (χ2n) is 2.55. The van der Waals surface area contributed by atoms with E-state index in [0.29, 0.717) is 6.42 Å². The third-order valence-electron chi connectivity index (χ3n) is 1.78. The molecule has 0 aromatic carbocycles. The van der Waals surface area contributed by atoms with Crippen LogP contribution < -0.4 is 5.73 Å². The summed E-state index contributed by atoms with van der Waals surface area (Å²) < 4.78 is 0. The van der Waals surface area contributed by atoms with E-state index in [0.717, 1.165) is 0 Å². The third-order valence-corrected chi connectivity index (χ3v) is 1.78. The Bertz CT molecular complexity index is 167. The van der Waals surface area contributed by atoms with Gasteiger partial charge in [-0.1, -0.05) is 6.92 Å². The first-order valence-electron chi connectivity index (χ1n) is 3.59. The highest BCUT2D eigenvalue weighted by Gasteiger charge is 2.28. The summed E-state index contributed by atoms with van der Waals surface area (Å²) in [6.07, 6.45) is 0.375. The quantitative estimate of drug-likeness (QED) is 0.570. The van der Waals surface area contributed by atoms with E-state index in [4.69, 9.17) is 5.11 Å². The third kappa shape index (κ3) is 2.67. The fraction of sp³-hybridized carbons (Fsp3) is 0.714. The van der Waals surface area contributed by atoms with Crippen LogP contribution in [0.15, 0.2) is 0 Å². The molecule has 2 atom stereocenters. The average molecular weight is 160 g/mol. The number of quaternary nitrogens is 1. The van der Waals surface area contributed by atoms with Gasteiger partial charge >= 0.3 is 5.97 Å². The second kappa shape index (κ2) is 4.08. The van der Waals surface area contributed by atoms with Crippen LogP contribution in [0, 0.1) is 5.92 Å². The smallest absolute Gasteiger partial charge is 0.363 e. The van der Waals surface area contributed by atoms with Crippen molar-refractivity contribution in [2.75, 3.05) is 0 Å². The molecular formula is C7H14NO3+. The molecule has 0 aliphatic carbocycles. The lowest BCUT2D eigenvalue weighted by Gasteiger charge is -2.09. The van der Waals surface area contributed by atoms with E-state index in [1.54, 1.807) is 13.8 Å². The van der Waals surface area contributed by atoms with Crippen LogP contribution in [0.5, 0.6) is 0 Å². The number of hydrogen-bond donors (Lipinski definition) is 2. The highest BCUT2D eigenvalue weighted by atomic mass is 16.4. The van der Waals surface area contributed by atoms with Gasteiger partial charge in [0.1, 0.15) is 5.78 Å². The molecule has 0 fully saturated rings. The zero-order chi connectivity index (χ0) is 9.02. The number of ketones is 1. The standard InChI is InChI=1S/C7H13NO3/c1-3-5(9)4(2)6(8)7(10)11/h4,6H,3,8H2,1-2H3,(H,10,11)/p+1/t4-,6-/m1/s1. The van der Waals surface area contributed by atoms with E-state index in [1.807, 2.05) is 0 Å². The summed E-state index contributed by atoms with van der Waals surface area (Å²) in [5.41, 5.74) is 3.39. The molecule has 11 heavy (non-hydrogen) atoms. The molecule has 4 nitrogen and oxygen atoms in total. The molecule has 0 heterocycles. The minimum atomic E-state index is -1.01. The SMILES string of the molecule is CCC(=O)[C@@H](C)[C@@H]([NH3+])C(=O)O. The number of carboxylic acids is 1. The number of aliphatic carboxylic acids is 1. The van der Waals surface area contributed by atoms with Crippen LogP contribution in [0.1, 0.15) is 20.3 Å². The lowest BCUT2D eigenvalue weighted by atomic mass is 9.96. The van der Waals surface area contributed by atoms with Gasteiger partial charge in [0.05, 0.1) is 5.92 Å². The molecule has 0 saturated carbocycles. The number of Topliss-reactive ketones (excluding diaryl/α,β-unsaturated/α-hetero) is 1. The Balaban J connectivity index is 4.12. The molecule has 0 aromatic rings. The van der Waals surface area contributed by atoms with Crippen molar-refractivity contribution in [3.8, 4) is 0 Å². The first kappa shape index (κ1) is 10.1. The first-order valence-corrected chi connectivity index (χ1v) is 3.59. The van der Waals surface area contributed by atoms with Crippen LogP contribution in [0.2, 0.25) is 0 Å². The van der Waals surface area contributed by atoms with Crippen LogP contribution in [-0.4, -0.2) is 22.9 Å². The molecule has 0 unspecified atom stereocenters. The summed E-state index contributed by atoms with van der Waals surface area (Å²) in [5, 5.41) is 8.48. The Labute approximate surface area is 65.4 Å². The van der Waals surface area contributed by atoms with E-state index < -0.39 is 17.9 Å². The van der Waals surface area contributed by atoms with Gasteiger partial charge < -0.3 is 10.8 Å². The van der Waals surface area contributed by atoms with Crippen molar-refractivity contribution in [3.05, 3.63) is 0 Å². The van der Waals surface area contributed by atoms with Crippen molar-refractivity contribution < 1.29 is 20.4 Å². The maximum atomic E-state index is 11.0. The molecule has 0 rings (SSSR count). The zero-order valence-electron chi connectivity index (χ0n) is 6.83. The molecule has 0 aliphatic heterocycles. The second-order valence-corrected chi connectivity index (χ2v) is 2.55. The average Bonchev–Trinajstić information content (AvgIpc) is 2.00. The van der Waals surface area contributed by atoms with Gasteiger partial charge in [-0.25, -0.2) is 4.79 Å². The highest BCUT2D eigenvalue weighted by Crippen LogP contribution is 2.03. The fourth-order valence-corrected chi connectivity index (χ4v) is 0.760. The Morgan fingerprint density at radius 2 is 2.00 bits per heavy atom. The van der Waals surface area contributed by atoms with E-state index in [9.17, 15) is 9.59 Å². The molecular weight excluding hydrogens is 146 g/mol. The van der Waals surface area contributed by atoms with Gasteiger partial charge in [0.25, 0.3) is 0 Å². The summed E-state index contributed by atoms with van der Waals surface area (Å²) in [6, 6.07) is -0.817. The van der Waals surface area contributed by atoms with Crippen molar-refractivity contribution in [3.63, 3.8) is 0 Å². The van der Waals surface area contributed by atoms with Crippen LogP contribution in [-0.2, 0) is 9.59 Å².